The van der Waals surface area contributed by atoms with E-state index in [2.05, 4.69) is 37.4 Å². The minimum Gasteiger partial charge on any atom is -0.508 e. The maximum Gasteiger partial charge on any atom is 0.325 e. The van der Waals surface area contributed by atoms with Gasteiger partial charge >= 0.3 is 17.9 Å². The van der Waals surface area contributed by atoms with Gasteiger partial charge in [-0.15, -0.1) is 16.4 Å². The molecule has 10 N–H and O–H groups in total. The lowest BCUT2D eigenvalue weighted by molar-refractivity contribution is -0.142. The van der Waals surface area contributed by atoms with Gasteiger partial charge in [-0.25, -0.2) is 40.8 Å². The highest BCUT2D eigenvalue weighted by atomic mass is 32.2. The lowest BCUT2D eigenvalue weighted by Crippen LogP contribution is -2.33. The van der Waals surface area contributed by atoms with Crippen LogP contribution in [0.5, 0.6) is 28.7 Å². The monoisotopic (exact) mass is 1980 g/mol. The highest BCUT2D eigenvalue weighted by Gasteiger charge is 2.20. The number of benzene rings is 7. The smallest absolute Gasteiger partial charge is 0.325 e. The number of phenols is 1. The van der Waals surface area contributed by atoms with Crippen molar-refractivity contribution in [2.45, 2.75) is 78.8 Å². The predicted octanol–water partition coefficient (Wildman–Crippen LogP) is 8.85. The molecule has 0 saturated carbocycles. The van der Waals surface area contributed by atoms with Crippen molar-refractivity contribution in [1.82, 2.24) is 20.0 Å². The van der Waals surface area contributed by atoms with Crippen molar-refractivity contribution in [1.29, 1.82) is 0 Å². The molecule has 2 atom stereocenters. The number of alkyl halides is 4. The summed E-state index contributed by atoms with van der Waals surface area (Å²) in [5.41, 5.74) is 17.1. The van der Waals surface area contributed by atoms with Crippen LogP contribution in [0.4, 0.5) is 17.6 Å². The second-order valence-electron chi connectivity index (χ2n) is 26.4. The Kier molecular flexibility index (Phi) is 62.3. The number of thiazole rings is 1. The molecule has 2 heterocycles. The molecule has 132 heavy (non-hydrogen) atoms. The number of halogens is 4. The molecule has 734 valence electrons. The molecule has 0 aliphatic heterocycles. The number of esters is 2. The summed E-state index contributed by atoms with van der Waals surface area (Å²) >= 11 is 6.29. The number of thiol groups is 1. The highest BCUT2D eigenvalue weighted by molar-refractivity contribution is 7.98. The maximum absolute atomic E-state index is 12.2. The van der Waals surface area contributed by atoms with Gasteiger partial charge in [0.1, 0.15) is 106 Å². The Balaban J connectivity index is 0.000000408. The second-order valence-corrected chi connectivity index (χ2v) is 33.8. The molecule has 46 heteroatoms. The van der Waals surface area contributed by atoms with E-state index in [0.717, 1.165) is 50.7 Å². The molecule has 0 spiro atoms. The first-order chi connectivity index (χ1) is 63.5. The van der Waals surface area contributed by atoms with Gasteiger partial charge in [-0.05, 0) is 127 Å². The number of hydrogen-bond donors (Lipinski definition) is 8. The van der Waals surface area contributed by atoms with Gasteiger partial charge in [0.15, 0.2) is 0 Å². The third-order valence-corrected chi connectivity index (χ3v) is 22.4. The molecule has 0 fully saturated rings. The molecule has 0 bridgehead atoms. The summed E-state index contributed by atoms with van der Waals surface area (Å²) in [5, 5.41) is 47.5. The van der Waals surface area contributed by atoms with E-state index < -0.39 is 86.9 Å². The summed E-state index contributed by atoms with van der Waals surface area (Å²) in [6, 6.07) is 45.1. The van der Waals surface area contributed by atoms with Gasteiger partial charge < -0.3 is 98.2 Å². The number of sulfonamides is 1. The largest absolute Gasteiger partial charge is 0.508 e. The average Bonchev–Trinajstić information content (AvgIpc) is 1.65. The van der Waals surface area contributed by atoms with Crippen molar-refractivity contribution < 1.29 is 152 Å². The molecule has 0 saturated heterocycles. The van der Waals surface area contributed by atoms with E-state index in [4.69, 9.17) is 102 Å². The molecule has 0 amide bonds. The zero-order valence-corrected chi connectivity index (χ0v) is 78.4. The van der Waals surface area contributed by atoms with Crippen LogP contribution in [0.25, 0.3) is 10.2 Å². The van der Waals surface area contributed by atoms with Gasteiger partial charge in [-0.1, -0.05) is 89.1 Å². The number of carbonyl (C=O) groups is 3. The van der Waals surface area contributed by atoms with Crippen LogP contribution in [-0.2, 0) is 139 Å². The maximum atomic E-state index is 12.2. The lowest BCUT2D eigenvalue weighted by Gasteiger charge is -2.10. The molecule has 2 unspecified atom stereocenters. The summed E-state index contributed by atoms with van der Waals surface area (Å²) in [4.78, 5) is 36.3. The molecule has 2 aromatic heterocycles. The van der Waals surface area contributed by atoms with Gasteiger partial charge in [0.25, 0.3) is 30.3 Å². The third-order valence-electron chi connectivity index (χ3n) is 15.9. The summed E-state index contributed by atoms with van der Waals surface area (Å²) < 4.78 is 201. The van der Waals surface area contributed by atoms with E-state index in [-0.39, 0.29) is 106 Å². The van der Waals surface area contributed by atoms with Gasteiger partial charge in [0, 0.05) is 17.3 Å². The number of methoxy groups -OCH3 is 2. The fourth-order valence-electron chi connectivity index (χ4n) is 9.52. The van der Waals surface area contributed by atoms with E-state index in [9.17, 15) is 57.2 Å². The van der Waals surface area contributed by atoms with Crippen LogP contribution in [0, 0.1) is 13.8 Å². The molecule has 0 aliphatic rings. The zero-order chi connectivity index (χ0) is 97.1. The van der Waals surface area contributed by atoms with Crippen molar-refractivity contribution >= 4 is 94.1 Å². The van der Waals surface area contributed by atoms with Crippen molar-refractivity contribution in [3.63, 3.8) is 0 Å². The number of nitrogens with two attached hydrogens (primary N) is 3. The molecular formula is C86H117F4N7O29S6. The predicted molar refractivity (Wildman–Crippen MR) is 487 cm³/mol. The van der Waals surface area contributed by atoms with Crippen molar-refractivity contribution in [3.8, 4) is 28.7 Å². The lowest BCUT2D eigenvalue weighted by atomic mass is 10.2. The Morgan fingerprint density at radius 2 is 0.886 bits per heavy atom. The number of hydrogen-bond acceptors (Lipinski definition) is 36. The fourth-order valence-corrected chi connectivity index (χ4v) is 14.1. The minimum absolute atomic E-state index is 0.000387. The normalized spacial score (nSPS) is 11.5. The Labute approximate surface area is 779 Å². The quantitative estimate of drug-likeness (QED) is 0.00579. The van der Waals surface area contributed by atoms with Crippen LogP contribution < -0.4 is 35.6 Å². The number of carboxylic acids is 1. The number of nitrogens with zero attached hydrogens (tertiary/aromatic N) is 4. The molecule has 7 aromatic carbocycles. The van der Waals surface area contributed by atoms with Gasteiger partial charge in [-0.2, -0.15) is 41.2 Å². The number of aryl methyl sites for hydroxylation is 2. The number of aliphatic hydroxyl groups excluding tert-OH is 2. The average molecular weight is 1980 g/mol. The Morgan fingerprint density at radius 3 is 1.31 bits per heavy atom. The van der Waals surface area contributed by atoms with Crippen LogP contribution in [0.2, 0.25) is 0 Å². The number of carbonyl (C=O) groups excluding carboxylic acids is 2. The number of aromatic nitrogens is 4. The number of rotatable bonds is 56. The third kappa shape index (κ3) is 54.1. The molecule has 36 nitrogen and oxygen atoms in total. The van der Waals surface area contributed by atoms with Gasteiger partial charge in [0.05, 0.1) is 173 Å². The summed E-state index contributed by atoms with van der Waals surface area (Å²) in [6.45, 7) is 7.18. The standard InChI is InChI=1S/C20H25FO6S.C17H26FNO5S.C13H19FO5S.C13H19FO4.C12H11N5O5S2.C7H8O2.C4H9NO2S/c1-17-5-7-20(8-6-17)28(22,23)27-16-18-3-2-4-19(15-18)26-14-13-25-12-11-24-10-9-21;1-21-17(20)16(19)13-25-12-14-3-2-4-15(11-14)24-10-9-23-8-7-22-6-5-18;1-12-2-4-13(5-3-12)20(15,16)19-11-10-18-9-8-17-7-6-14;14-4-5-16-6-7-17-8-9-18-13-3-1-2-12(10-13)11-15;13-24(20,21)12-14-9-2-1-8(3-10(9)23-12)22-6-7-4-17(16-15-7)5-11(18)19;8-5-6-2-1-3-7(9)4-6;1-7-4(6)3(5)2-8/h2-8,15H,9-14,16H2,1H3;2-4,11,16H,5-10,12-13,19H2,1H3;2-5H,6-11H2,1H3;1-3,10,15H,4-9,11H2;1-4H,5-6H2,(H,18,19)(H2,13,20,21);1-4,8-9H,5H2;3,8H,2,5H2,1H3. The van der Waals surface area contributed by atoms with Gasteiger partial charge in [-0.3, -0.25) is 22.7 Å². The van der Waals surface area contributed by atoms with E-state index in [0.29, 0.717) is 130 Å². The number of aliphatic carboxylic acids is 1. The van der Waals surface area contributed by atoms with Crippen molar-refractivity contribution in [2.75, 3.05) is 185 Å². The number of carboxylic acid groups (broad SMARTS) is 1. The van der Waals surface area contributed by atoms with Crippen LogP contribution in [0.3, 0.4) is 0 Å². The number of thioether (sulfide) groups is 1. The molecule has 0 radical (unpaired) electrons. The van der Waals surface area contributed by atoms with Gasteiger partial charge in [0.2, 0.25) is 4.34 Å². The number of aromatic hydroxyl groups is 1. The first-order valence-corrected chi connectivity index (χ1v) is 47.4. The summed E-state index contributed by atoms with van der Waals surface area (Å²) in [7, 11) is -8.77. The number of primary sulfonamides is 1. The van der Waals surface area contributed by atoms with E-state index in [1.807, 2.05) is 56.3 Å². The van der Waals surface area contributed by atoms with Crippen LogP contribution in [-0.4, -0.2) is 280 Å². The first-order valence-electron chi connectivity index (χ1n) is 40.4. The van der Waals surface area contributed by atoms with Crippen LogP contribution in [0.1, 0.15) is 39.1 Å². The van der Waals surface area contributed by atoms with Crippen LogP contribution in [0.15, 0.2) is 184 Å². The molecule has 0 aliphatic carbocycles. The summed E-state index contributed by atoms with van der Waals surface area (Å²) in [6.07, 6.45) is 1.47. The highest BCUT2D eigenvalue weighted by Crippen LogP contribution is 2.29. The Morgan fingerprint density at radius 1 is 0.485 bits per heavy atom. The topological polar surface area (TPSA) is 504 Å². The van der Waals surface area contributed by atoms with E-state index in [1.165, 1.54) is 55.4 Å². The second kappa shape index (κ2) is 70.4. The minimum atomic E-state index is -3.84. The fraction of sp³-hybridized carbons (Fsp3) is 0.442. The molecule has 9 rings (SSSR count). The zero-order valence-electron chi connectivity index (χ0n) is 73.5. The summed E-state index contributed by atoms with van der Waals surface area (Å²) in [5.74, 6) is 2.44. The first kappa shape index (κ1) is 117. The SMILES string of the molecule is COC(=O)C(N)CS.COC(=O)C(N)CSCc1cccc(OCCOCCOCCF)c1.Cc1ccc(S(=O)(=O)OCCOCCOCCF)cc1.Cc1ccc(S(=O)(=O)OCc2cccc(OCCOCCOCCF)c2)cc1.NS(=O)(=O)c1nc2ccc(OCc3cn(CC(=O)O)nn3)cc2s1.OCc1cccc(O)c1.OCc1cccc(OCCOCCOCCF)c1. The number of phenolic OH excluding ortho intramolecular Hbond substituents is 1. The number of fused-ring (bicyclic) bond motifs is 1. The Hall–Kier alpha value is -9.35. The Bertz CT molecular complexity index is 4990. The molecular weight excluding hydrogens is 1860 g/mol. The number of ether oxygens (including phenoxy) is 14. The van der Waals surface area contributed by atoms with Crippen LogP contribution >= 0.6 is 35.7 Å². The molecule has 9 aromatic rings. The van der Waals surface area contributed by atoms with Crippen molar-refractivity contribution in [3.05, 3.63) is 209 Å². The van der Waals surface area contributed by atoms with E-state index >= 15 is 0 Å². The van der Waals surface area contributed by atoms with E-state index in [1.54, 1.807) is 103 Å². The number of aliphatic hydroxyl groups is 2. The van der Waals surface area contributed by atoms with Crippen molar-refractivity contribution in [2.24, 2.45) is 16.6 Å².